The van der Waals surface area contributed by atoms with Gasteiger partial charge in [0.25, 0.3) is 5.91 Å². The van der Waals surface area contributed by atoms with Crippen molar-refractivity contribution in [3.05, 3.63) is 65.2 Å². The van der Waals surface area contributed by atoms with Gasteiger partial charge in [-0.15, -0.1) is 0 Å². The number of thiazole rings is 1. The molecular weight excluding hydrogens is 502 g/mol. The fourth-order valence-corrected chi connectivity index (χ4v) is 6.65. The number of aliphatic hydroxyl groups excluding tert-OH is 1. The Morgan fingerprint density at radius 1 is 1.14 bits per heavy atom. The molecule has 0 atom stereocenters. The van der Waals surface area contributed by atoms with Crippen molar-refractivity contribution >= 4 is 32.4 Å². The molecule has 1 aliphatic rings. The Kier molecular flexibility index (Phi) is 8.34. The van der Waals surface area contributed by atoms with Crippen molar-refractivity contribution in [3.63, 3.8) is 0 Å². The number of aromatic nitrogens is 1. The number of sulfonamides is 1. The first-order valence-corrected chi connectivity index (χ1v) is 13.7. The number of carbonyl (C=O) groups excluding carboxylic acids is 1. The van der Waals surface area contributed by atoms with E-state index < -0.39 is 15.9 Å². The summed E-state index contributed by atoms with van der Waals surface area (Å²) in [6, 6.07) is 14.8. The molecule has 1 amide bonds. The van der Waals surface area contributed by atoms with Gasteiger partial charge in [0.2, 0.25) is 10.0 Å². The molecule has 0 radical (unpaired) electrons. The van der Waals surface area contributed by atoms with Gasteiger partial charge in [-0.1, -0.05) is 47.7 Å². The molecular formula is C24H29N5O5S2. The Bertz CT molecular complexity index is 1310. The molecule has 0 unspecified atom stereocenters. The number of nitrogens with one attached hydrogen (secondary N) is 1. The summed E-state index contributed by atoms with van der Waals surface area (Å²) < 4.78 is 28.8. The van der Waals surface area contributed by atoms with Crippen LogP contribution < -0.4 is 10.4 Å². The van der Waals surface area contributed by atoms with Gasteiger partial charge in [-0.3, -0.25) is 14.9 Å². The van der Waals surface area contributed by atoms with Gasteiger partial charge in [0.05, 0.1) is 17.7 Å². The molecule has 1 aliphatic heterocycles. The molecule has 3 N–H and O–H groups in total. The van der Waals surface area contributed by atoms with Crippen molar-refractivity contribution < 1.29 is 23.5 Å². The van der Waals surface area contributed by atoms with Crippen molar-refractivity contribution in [2.24, 2.45) is 0 Å². The number of likely N-dealkylation sites (N-methyl/N-ethyl adjacent to an activating group) is 1. The van der Waals surface area contributed by atoms with Gasteiger partial charge in [-0.05, 0) is 30.3 Å². The van der Waals surface area contributed by atoms with Crippen molar-refractivity contribution in [3.8, 4) is 11.1 Å². The lowest BCUT2D eigenvalue weighted by Gasteiger charge is -2.34. The summed E-state index contributed by atoms with van der Waals surface area (Å²) in [5.74, 6) is -0.624. The Morgan fingerprint density at radius 3 is 2.61 bits per heavy atom. The minimum atomic E-state index is -3.75. The number of hydrogen-bond donors (Lipinski definition) is 3. The number of benzene rings is 2. The topological polar surface area (TPSA) is 126 Å². The first-order valence-electron chi connectivity index (χ1n) is 11.5. The standard InChI is InChI=1S/C24H29N5O5S2/c1-27(13-14-30)17-18-5-4-6-19(15-18)20-7-2-3-8-22(20)36(33,34)29-11-9-28(10-12-29)24-25-16-21(35-24)23(31)26-32/h2-8,15-16,30,32H,9-14,17H2,1H3,(H,26,31). The Labute approximate surface area is 214 Å². The summed E-state index contributed by atoms with van der Waals surface area (Å²) in [5, 5.41) is 18.6. The Morgan fingerprint density at radius 2 is 1.89 bits per heavy atom. The summed E-state index contributed by atoms with van der Waals surface area (Å²) in [6.45, 7) is 2.70. The molecule has 36 heavy (non-hydrogen) atoms. The monoisotopic (exact) mass is 531 g/mol. The van der Waals surface area contributed by atoms with Crippen LogP contribution in [-0.2, 0) is 16.6 Å². The lowest BCUT2D eigenvalue weighted by Crippen LogP contribution is -2.48. The van der Waals surface area contributed by atoms with E-state index >= 15 is 0 Å². The summed E-state index contributed by atoms with van der Waals surface area (Å²) in [6.07, 6.45) is 1.39. The minimum absolute atomic E-state index is 0.0756. The number of amides is 1. The van der Waals surface area contributed by atoms with Crippen LogP contribution in [0.4, 0.5) is 5.13 Å². The summed E-state index contributed by atoms with van der Waals surface area (Å²) in [7, 11) is -1.83. The molecule has 10 nitrogen and oxygen atoms in total. The highest BCUT2D eigenvalue weighted by Crippen LogP contribution is 2.31. The van der Waals surface area contributed by atoms with Gasteiger partial charge in [0.15, 0.2) is 5.13 Å². The molecule has 192 valence electrons. The van der Waals surface area contributed by atoms with Gasteiger partial charge in [-0.2, -0.15) is 4.31 Å². The van der Waals surface area contributed by atoms with Gasteiger partial charge >= 0.3 is 0 Å². The van der Waals surface area contributed by atoms with E-state index in [1.54, 1.807) is 17.6 Å². The van der Waals surface area contributed by atoms with Gasteiger partial charge in [0, 0.05) is 44.8 Å². The number of hydroxylamine groups is 1. The second-order valence-corrected chi connectivity index (χ2v) is 11.4. The van der Waals surface area contributed by atoms with Gasteiger partial charge < -0.3 is 10.0 Å². The maximum Gasteiger partial charge on any atom is 0.286 e. The van der Waals surface area contributed by atoms with Crippen LogP contribution in [-0.4, -0.2) is 85.2 Å². The highest BCUT2D eigenvalue weighted by molar-refractivity contribution is 7.89. The number of nitrogens with zero attached hydrogens (tertiary/aromatic N) is 4. The smallest absolute Gasteiger partial charge is 0.286 e. The van der Waals surface area contributed by atoms with Crippen molar-refractivity contribution in [2.75, 3.05) is 51.3 Å². The maximum absolute atomic E-state index is 13.7. The van der Waals surface area contributed by atoms with Crippen LogP contribution in [0.3, 0.4) is 0 Å². The highest BCUT2D eigenvalue weighted by Gasteiger charge is 2.31. The van der Waals surface area contributed by atoms with E-state index in [4.69, 9.17) is 10.3 Å². The maximum atomic E-state index is 13.7. The quantitative estimate of drug-likeness (QED) is 0.282. The van der Waals surface area contributed by atoms with E-state index in [1.807, 2.05) is 53.2 Å². The molecule has 1 fully saturated rings. The molecule has 0 bridgehead atoms. The fourth-order valence-electron chi connectivity index (χ4n) is 4.16. The van der Waals surface area contributed by atoms with Crippen LogP contribution >= 0.6 is 11.3 Å². The SMILES string of the molecule is CN(CCO)Cc1cccc(-c2ccccc2S(=O)(=O)N2CCN(c3ncc(C(=O)NO)s3)CC2)c1. The first-order chi connectivity index (χ1) is 17.3. The first kappa shape index (κ1) is 26.2. The van der Waals surface area contributed by atoms with Gasteiger partial charge in [0.1, 0.15) is 4.88 Å². The summed E-state index contributed by atoms with van der Waals surface area (Å²) in [5.41, 5.74) is 4.09. The predicted molar refractivity (Wildman–Crippen MR) is 138 cm³/mol. The fraction of sp³-hybridized carbons (Fsp3) is 0.333. The van der Waals surface area contributed by atoms with E-state index in [0.717, 1.165) is 22.5 Å². The average molecular weight is 532 g/mol. The largest absolute Gasteiger partial charge is 0.395 e. The average Bonchev–Trinajstić information content (AvgIpc) is 3.39. The van der Waals surface area contributed by atoms with Crippen molar-refractivity contribution in [1.29, 1.82) is 0 Å². The zero-order chi connectivity index (χ0) is 25.7. The Balaban J connectivity index is 1.52. The third-order valence-corrected chi connectivity index (χ3v) is 9.02. The van der Waals surface area contributed by atoms with E-state index in [1.165, 1.54) is 10.5 Å². The Hall–Kier alpha value is -2.87. The van der Waals surface area contributed by atoms with E-state index in [0.29, 0.717) is 36.9 Å². The minimum Gasteiger partial charge on any atom is -0.395 e. The van der Waals surface area contributed by atoms with Crippen LogP contribution in [0.25, 0.3) is 11.1 Å². The number of hydrogen-bond acceptors (Lipinski definition) is 9. The van der Waals surface area contributed by atoms with Crippen molar-refractivity contribution in [2.45, 2.75) is 11.4 Å². The lowest BCUT2D eigenvalue weighted by atomic mass is 10.0. The number of rotatable bonds is 9. The van der Waals surface area contributed by atoms with Crippen LogP contribution in [0.1, 0.15) is 15.2 Å². The van der Waals surface area contributed by atoms with Crippen LogP contribution in [0, 0.1) is 0 Å². The zero-order valence-electron chi connectivity index (χ0n) is 19.9. The molecule has 1 aromatic heterocycles. The molecule has 2 aromatic carbocycles. The third kappa shape index (κ3) is 5.75. The normalized spacial score (nSPS) is 14.8. The van der Waals surface area contributed by atoms with E-state index in [9.17, 15) is 13.2 Å². The summed E-state index contributed by atoms with van der Waals surface area (Å²) in [4.78, 5) is 20.3. The molecule has 2 heterocycles. The zero-order valence-corrected chi connectivity index (χ0v) is 21.5. The number of carbonyl (C=O) groups is 1. The van der Waals surface area contributed by atoms with Crippen LogP contribution in [0.2, 0.25) is 0 Å². The number of aliphatic hydroxyl groups is 1. The second kappa shape index (κ2) is 11.5. The van der Waals surface area contributed by atoms with Crippen molar-refractivity contribution in [1.82, 2.24) is 19.7 Å². The molecule has 12 heteroatoms. The van der Waals surface area contributed by atoms with E-state index in [2.05, 4.69) is 4.98 Å². The second-order valence-electron chi connectivity index (χ2n) is 8.50. The highest BCUT2D eigenvalue weighted by atomic mass is 32.2. The molecule has 0 saturated carbocycles. The van der Waals surface area contributed by atoms with E-state index in [-0.39, 0.29) is 29.5 Å². The van der Waals surface area contributed by atoms with Gasteiger partial charge in [-0.25, -0.2) is 18.9 Å². The lowest BCUT2D eigenvalue weighted by molar-refractivity contribution is 0.0710. The van der Waals surface area contributed by atoms with Crippen LogP contribution in [0.15, 0.2) is 59.6 Å². The summed E-state index contributed by atoms with van der Waals surface area (Å²) >= 11 is 1.14. The molecule has 1 saturated heterocycles. The number of piperazine rings is 1. The molecule has 3 aromatic rings. The molecule has 0 spiro atoms. The number of anilines is 1. The molecule has 0 aliphatic carbocycles. The van der Waals surface area contributed by atoms with Crippen LogP contribution in [0.5, 0.6) is 0 Å². The predicted octanol–water partition coefficient (Wildman–Crippen LogP) is 1.86. The third-order valence-electron chi connectivity index (χ3n) is 6.01. The molecule has 4 rings (SSSR count).